The number of rotatable bonds is 8. The van der Waals surface area contributed by atoms with E-state index < -0.39 is 0 Å². The smallest absolute Gasteiger partial charge is 0.234 e. The molecule has 0 saturated carbocycles. The number of amides is 1. The van der Waals surface area contributed by atoms with Crippen molar-refractivity contribution in [2.45, 2.75) is 32.8 Å². The lowest BCUT2D eigenvalue weighted by molar-refractivity contribution is -0.122. The summed E-state index contributed by atoms with van der Waals surface area (Å²) in [6, 6.07) is 0. The summed E-state index contributed by atoms with van der Waals surface area (Å²) in [5, 5.41) is 6.24. The highest BCUT2D eigenvalue weighted by molar-refractivity contribution is 5.77. The van der Waals surface area contributed by atoms with Crippen LogP contribution in [0.5, 0.6) is 0 Å². The summed E-state index contributed by atoms with van der Waals surface area (Å²) in [5.74, 6) is 0.140. The lowest BCUT2D eigenvalue weighted by atomic mass is 10.3. The van der Waals surface area contributed by atoms with Gasteiger partial charge in [0.2, 0.25) is 5.91 Å². The predicted octanol–water partition coefficient (Wildman–Crippen LogP) is 0.213. The van der Waals surface area contributed by atoms with Crippen LogP contribution in [0.2, 0.25) is 0 Å². The SMILES string of the molecule is CC(C)OCCCCNC(=O)CN1CCNCC1. The third-order valence-corrected chi connectivity index (χ3v) is 2.92. The maximum Gasteiger partial charge on any atom is 0.234 e. The number of carbonyl (C=O) groups is 1. The first kappa shape index (κ1) is 15.4. The molecule has 0 unspecified atom stereocenters. The van der Waals surface area contributed by atoms with Crippen LogP contribution in [-0.4, -0.2) is 62.8 Å². The number of hydrogen-bond acceptors (Lipinski definition) is 4. The van der Waals surface area contributed by atoms with Crippen LogP contribution in [0.3, 0.4) is 0 Å². The van der Waals surface area contributed by atoms with Crippen LogP contribution in [0, 0.1) is 0 Å². The molecule has 0 spiro atoms. The van der Waals surface area contributed by atoms with E-state index in [0.717, 1.165) is 52.2 Å². The van der Waals surface area contributed by atoms with Crippen molar-refractivity contribution in [1.29, 1.82) is 0 Å². The molecule has 106 valence electrons. The zero-order valence-electron chi connectivity index (χ0n) is 11.7. The van der Waals surface area contributed by atoms with E-state index in [1.807, 2.05) is 13.8 Å². The molecule has 0 aromatic carbocycles. The summed E-state index contributed by atoms with van der Waals surface area (Å²) < 4.78 is 5.44. The van der Waals surface area contributed by atoms with E-state index >= 15 is 0 Å². The topological polar surface area (TPSA) is 53.6 Å². The molecule has 0 aliphatic carbocycles. The van der Waals surface area contributed by atoms with E-state index in [9.17, 15) is 4.79 Å². The fraction of sp³-hybridized carbons (Fsp3) is 0.923. The van der Waals surface area contributed by atoms with Gasteiger partial charge in [0.15, 0.2) is 0 Å². The summed E-state index contributed by atoms with van der Waals surface area (Å²) in [4.78, 5) is 13.8. The van der Waals surface area contributed by atoms with Gasteiger partial charge >= 0.3 is 0 Å². The molecular weight excluding hydrogens is 230 g/mol. The van der Waals surface area contributed by atoms with Gasteiger partial charge in [-0.25, -0.2) is 0 Å². The fourth-order valence-electron chi connectivity index (χ4n) is 1.90. The van der Waals surface area contributed by atoms with Crippen LogP contribution in [0.1, 0.15) is 26.7 Å². The summed E-state index contributed by atoms with van der Waals surface area (Å²) in [5.41, 5.74) is 0. The van der Waals surface area contributed by atoms with Gasteiger partial charge in [0.25, 0.3) is 0 Å². The molecule has 0 radical (unpaired) electrons. The third-order valence-electron chi connectivity index (χ3n) is 2.92. The molecule has 1 saturated heterocycles. The molecule has 0 atom stereocenters. The molecule has 1 amide bonds. The molecule has 1 aliphatic rings. The molecule has 1 heterocycles. The molecule has 0 aromatic heterocycles. The summed E-state index contributed by atoms with van der Waals surface area (Å²) >= 11 is 0. The van der Waals surface area contributed by atoms with E-state index in [2.05, 4.69) is 15.5 Å². The first-order valence-corrected chi connectivity index (χ1v) is 7.00. The van der Waals surface area contributed by atoms with E-state index in [1.54, 1.807) is 0 Å². The molecule has 1 aliphatic heterocycles. The number of carbonyl (C=O) groups excluding carboxylic acids is 1. The van der Waals surface area contributed by atoms with Crippen molar-refractivity contribution < 1.29 is 9.53 Å². The zero-order chi connectivity index (χ0) is 13.2. The van der Waals surface area contributed by atoms with Gasteiger partial charge in [-0.05, 0) is 26.7 Å². The summed E-state index contributed by atoms with van der Waals surface area (Å²) in [6.45, 7) is 10.1. The van der Waals surface area contributed by atoms with Crippen molar-refractivity contribution >= 4 is 5.91 Å². The Morgan fingerprint density at radius 1 is 1.33 bits per heavy atom. The molecule has 5 nitrogen and oxygen atoms in total. The van der Waals surface area contributed by atoms with Crippen molar-refractivity contribution in [2.75, 3.05) is 45.9 Å². The van der Waals surface area contributed by atoms with Crippen molar-refractivity contribution in [1.82, 2.24) is 15.5 Å². The van der Waals surface area contributed by atoms with Crippen LogP contribution < -0.4 is 10.6 Å². The molecule has 1 fully saturated rings. The second kappa shape index (κ2) is 9.30. The number of unbranched alkanes of at least 4 members (excludes halogenated alkanes) is 1. The Balaban J connectivity index is 1.93. The van der Waals surface area contributed by atoms with E-state index in [0.29, 0.717) is 12.6 Å². The van der Waals surface area contributed by atoms with Gasteiger partial charge in [-0.3, -0.25) is 9.69 Å². The normalized spacial score (nSPS) is 17.1. The van der Waals surface area contributed by atoms with E-state index in [1.165, 1.54) is 0 Å². The van der Waals surface area contributed by atoms with Gasteiger partial charge in [-0.2, -0.15) is 0 Å². The summed E-state index contributed by atoms with van der Waals surface area (Å²) in [7, 11) is 0. The molecule has 1 rings (SSSR count). The monoisotopic (exact) mass is 257 g/mol. The van der Waals surface area contributed by atoms with Crippen molar-refractivity contribution in [3.8, 4) is 0 Å². The molecule has 5 heteroatoms. The predicted molar refractivity (Wildman–Crippen MR) is 72.6 cm³/mol. The highest BCUT2D eigenvalue weighted by atomic mass is 16.5. The van der Waals surface area contributed by atoms with Crippen molar-refractivity contribution in [2.24, 2.45) is 0 Å². The highest BCUT2D eigenvalue weighted by Gasteiger charge is 2.12. The van der Waals surface area contributed by atoms with Crippen molar-refractivity contribution in [3.05, 3.63) is 0 Å². The Morgan fingerprint density at radius 2 is 2.06 bits per heavy atom. The zero-order valence-corrected chi connectivity index (χ0v) is 11.7. The minimum Gasteiger partial charge on any atom is -0.379 e. The van der Waals surface area contributed by atoms with E-state index in [-0.39, 0.29) is 5.91 Å². The molecule has 0 aromatic rings. The fourth-order valence-corrected chi connectivity index (χ4v) is 1.90. The number of nitrogens with zero attached hydrogens (tertiary/aromatic N) is 1. The molecular formula is C13H27N3O2. The summed E-state index contributed by atoms with van der Waals surface area (Å²) in [6.07, 6.45) is 2.29. The highest BCUT2D eigenvalue weighted by Crippen LogP contribution is 1.94. The Labute approximate surface area is 110 Å². The Kier molecular flexibility index (Phi) is 7.96. The van der Waals surface area contributed by atoms with Crippen LogP contribution >= 0.6 is 0 Å². The van der Waals surface area contributed by atoms with Crippen LogP contribution in [0.15, 0.2) is 0 Å². The maximum atomic E-state index is 11.6. The van der Waals surface area contributed by atoms with Gasteiger partial charge in [0.05, 0.1) is 12.6 Å². The lowest BCUT2D eigenvalue weighted by Crippen LogP contribution is -2.47. The van der Waals surface area contributed by atoms with Crippen LogP contribution in [0.25, 0.3) is 0 Å². The first-order chi connectivity index (χ1) is 8.68. The average molecular weight is 257 g/mol. The Hall–Kier alpha value is -0.650. The number of ether oxygens (including phenoxy) is 1. The van der Waals surface area contributed by atoms with Gasteiger partial charge in [0.1, 0.15) is 0 Å². The van der Waals surface area contributed by atoms with Gasteiger partial charge in [0, 0.05) is 39.3 Å². The second-order valence-corrected chi connectivity index (χ2v) is 5.00. The van der Waals surface area contributed by atoms with E-state index in [4.69, 9.17) is 4.74 Å². The standard InChI is InChI=1S/C13H27N3O2/c1-12(2)18-10-4-3-5-15-13(17)11-16-8-6-14-7-9-16/h12,14H,3-11H2,1-2H3,(H,15,17). The third kappa shape index (κ3) is 7.63. The van der Waals surface area contributed by atoms with Crippen LogP contribution in [0.4, 0.5) is 0 Å². The lowest BCUT2D eigenvalue weighted by Gasteiger charge is -2.26. The Morgan fingerprint density at radius 3 is 2.72 bits per heavy atom. The van der Waals surface area contributed by atoms with Gasteiger partial charge < -0.3 is 15.4 Å². The van der Waals surface area contributed by atoms with Gasteiger partial charge in [-0.15, -0.1) is 0 Å². The number of nitrogens with one attached hydrogen (secondary N) is 2. The molecule has 0 bridgehead atoms. The number of piperazine rings is 1. The first-order valence-electron chi connectivity index (χ1n) is 7.00. The largest absolute Gasteiger partial charge is 0.379 e. The maximum absolute atomic E-state index is 11.6. The second-order valence-electron chi connectivity index (χ2n) is 5.00. The van der Waals surface area contributed by atoms with Crippen LogP contribution in [-0.2, 0) is 9.53 Å². The van der Waals surface area contributed by atoms with Crippen molar-refractivity contribution in [3.63, 3.8) is 0 Å². The Bertz CT molecular complexity index is 228. The quantitative estimate of drug-likeness (QED) is 0.611. The minimum absolute atomic E-state index is 0.140. The molecule has 2 N–H and O–H groups in total. The minimum atomic E-state index is 0.140. The number of hydrogen-bond donors (Lipinski definition) is 2. The van der Waals surface area contributed by atoms with Gasteiger partial charge in [-0.1, -0.05) is 0 Å². The molecule has 18 heavy (non-hydrogen) atoms. The average Bonchev–Trinajstić information content (AvgIpc) is 2.34.